The zero-order chi connectivity index (χ0) is 14.8. The first-order chi connectivity index (χ1) is 9.45. The number of rotatable bonds is 3. The van der Waals surface area contributed by atoms with Crippen molar-refractivity contribution in [3.63, 3.8) is 0 Å². The van der Waals surface area contributed by atoms with Crippen LogP contribution in [0.2, 0.25) is 0 Å². The summed E-state index contributed by atoms with van der Waals surface area (Å²) in [7, 11) is -3.78. The van der Waals surface area contributed by atoms with Gasteiger partial charge in [0.1, 0.15) is 0 Å². The van der Waals surface area contributed by atoms with Crippen LogP contribution in [0.4, 0.5) is 5.69 Å². The highest BCUT2D eigenvalue weighted by molar-refractivity contribution is 7.89. The number of nitro groups is 1. The van der Waals surface area contributed by atoms with Crippen LogP contribution < -0.4 is 0 Å². The number of piperidine rings is 1. The minimum atomic E-state index is -3.78. The summed E-state index contributed by atoms with van der Waals surface area (Å²) in [5.41, 5.74) is -0.264. The lowest BCUT2D eigenvalue weighted by atomic mass is 10.0. The van der Waals surface area contributed by atoms with Gasteiger partial charge in [-0.3, -0.25) is 10.1 Å². The molecule has 0 aliphatic carbocycles. The van der Waals surface area contributed by atoms with Gasteiger partial charge in [-0.05, 0) is 18.9 Å². The SMILES string of the molecule is N#CC1CCCN(S(=O)(=O)c2cccc([N+](=O)[O-])c2)C1. The number of sulfonamides is 1. The second-order valence-corrected chi connectivity index (χ2v) is 6.52. The highest BCUT2D eigenvalue weighted by atomic mass is 32.2. The Balaban J connectivity index is 2.33. The van der Waals surface area contributed by atoms with Crippen molar-refractivity contribution in [2.75, 3.05) is 13.1 Å². The van der Waals surface area contributed by atoms with Crippen molar-refractivity contribution in [1.29, 1.82) is 5.26 Å². The molecule has 0 saturated carbocycles. The number of hydrogen-bond donors (Lipinski definition) is 0. The van der Waals surface area contributed by atoms with Crippen LogP contribution in [0, 0.1) is 27.4 Å². The van der Waals surface area contributed by atoms with Crippen LogP contribution in [0.15, 0.2) is 29.2 Å². The van der Waals surface area contributed by atoms with Crippen LogP contribution in [0.25, 0.3) is 0 Å². The first kappa shape index (κ1) is 14.4. The van der Waals surface area contributed by atoms with Crippen LogP contribution in [-0.4, -0.2) is 30.7 Å². The van der Waals surface area contributed by atoms with E-state index in [4.69, 9.17) is 5.26 Å². The zero-order valence-corrected chi connectivity index (χ0v) is 11.4. The van der Waals surface area contributed by atoms with Gasteiger partial charge in [-0.2, -0.15) is 9.57 Å². The molecule has 1 aromatic rings. The average Bonchev–Trinajstić information content (AvgIpc) is 2.47. The van der Waals surface area contributed by atoms with E-state index in [0.717, 1.165) is 6.07 Å². The van der Waals surface area contributed by atoms with Crippen LogP contribution >= 0.6 is 0 Å². The summed E-state index contributed by atoms with van der Waals surface area (Å²) in [6.07, 6.45) is 1.30. The number of nitriles is 1. The van der Waals surface area contributed by atoms with Crippen LogP contribution in [0.1, 0.15) is 12.8 Å². The Kier molecular flexibility index (Phi) is 4.01. The van der Waals surface area contributed by atoms with E-state index in [0.29, 0.717) is 19.4 Å². The van der Waals surface area contributed by atoms with Crippen molar-refractivity contribution in [1.82, 2.24) is 4.31 Å². The van der Waals surface area contributed by atoms with E-state index in [1.165, 1.54) is 22.5 Å². The van der Waals surface area contributed by atoms with Gasteiger partial charge in [0.15, 0.2) is 0 Å². The van der Waals surface area contributed by atoms with E-state index in [1.807, 2.05) is 0 Å². The fourth-order valence-electron chi connectivity index (χ4n) is 2.17. The molecule has 1 aromatic carbocycles. The molecule has 20 heavy (non-hydrogen) atoms. The Bertz CT molecular complexity index is 666. The maximum atomic E-state index is 12.4. The highest BCUT2D eigenvalue weighted by Gasteiger charge is 2.30. The maximum Gasteiger partial charge on any atom is 0.270 e. The van der Waals surface area contributed by atoms with Crippen molar-refractivity contribution in [3.8, 4) is 6.07 Å². The normalized spacial score (nSPS) is 20.2. The van der Waals surface area contributed by atoms with Crippen LogP contribution in [0.3, 0.4) is 0 Å². The molecule has 7 nitrogen and oxygen atoms in total. The van der Waals surface area contributed by atoms with Gasteiger partial charge < -0.3 is 0 Å². The molecule has 0 amide bonds. The third-order valence-corrected chi connectivity index (χ3v) is 5.09. The quantitative estimate of drug-likeness (QED) is 0.621. The van der Waals surface area contributed by atoms with Crippen molar-refractivity contribution in [2.24, 2.45) is 5.92 Å². The van der Waals surface area contributed by atoms with Gasteiger partial charge in [0.25, 0.3) is 5.69 Å². The number of nitrogens with zero attached hydrogens (tertiary/aromatic N) is 3. The molecule has 1 atom stereocenters. The second kappa shape index (κ2) is 5.56. The second-order valence-electron chi connectivity index (χ2n) is 4.59. The molecule has 106 valence electrons. The Hall–Kier alpha value is -1.98. The number of benzene rings is 1. The molecule has 0 bridgehead atoms. The van der Waals surface area contributed by atoms with Gasteiger partial charge in [0.05, 0.1) is 21.8 Å². The average molecular weight is 295 g/mol. The van der Waals surface area contributed by atoms with E-state index < -0.39 is 14.9 Å². The predicted octanol–water partition coefficient (Wildman–Crippen LogP) is 1.52. The topological polar surface area (TPSA) is 104 Å². The Morgan fingerprint density at radius 2 is 2.20 bits per heavy atom. The Morgan fingerprint density at radius 3 is 2.85 bits per heavy atom. The van der Waals surface area contributed by atoms with Crippen LogP contribution in [-0.2, 0) is 10.0 Å². The van der Waals surface area contributed by atoms with Crippen molar-refractivity contribution >= 4 is 15.7 Å². The molecule has 2 rings (SSSR count). The minimum absolute atomic E-state index is 0.106. The molecule has 0 spiro atoms. The number of hydrogen-bond acceptors (Lipinski definition) is 5. The molecule has 0 radical (unpaired) electrons. The van der Waals surface area contributed by atoms with Gasteiger partial charge in [-0.25, -0.2) is 8.42 Å². The first-order valence-corrected chi connectivity index (χ1v) is 7.53. The van der Waals surface area contributed by atoms with Crippen LogP contribution in [0.5, 0.6) is 0 Å². The molecule has 1 aliphatic heterocycles. The van der Waals surface area contributed by atoms with Gasteiger partial charge in [-0.1, -0.05) is 6.07 Å². The third kappa shape index (κ3) is 2.79. The van der Waals surface area contributed by atoms with E-state index in [9.17, 15) is 18.5 Å². The first-order valence-electron chi connectivity index (χ1n) is 6.09. The monoisotopic (exact) mass is 295 g/mol. The largest absolute Gasteiger partial charge is 0.270 e. The lowest BCUT2D eigenvalue weighted by Gasteiger charge is -2.28. The van der Waals surface area contributed by atoms with E-state index in [2.05, 4.69) is 6.07 Å². The van der Waals surface area contributed by atoms with Gasteiger partial charge >= 0.3 is 0 Å². The van der Waals surface area contributed by atoms with E-state index in [1.54, 1.807) is 0 Å². The van der Waals surface area contributed by atoms with Crippen molar-refractivity contribution < 1.29 is 13.3 Å². The summed E-state index contributed by atoms with van der Waals surface area (Å²) in [4.78, 5) is 9.97. The van der Waals surface area contributed by atoms with Gasteiger partial charge in [0.2, 0.25) is 10.0 Å². The maximum absolute atomic E-state index is 12.4. The molecule has 0 N–H and O–H groups in total. The number of non-ortho nitro benzene ring substituents is 1. The van der Waals surface area contributed by atoms with Gasteiger partial charge in [0, 0.05) is 25.2 Å². The van der Waals surface area contributed by atoms with Crippen molar-refractivity contribution in [2.45, 2.75) is 17.7 Å². The van der Waals surface area contributed by atoms with E-state index >= 15 is 0 Å². The summed E-state index contributed by atoms with van der Waals surface area (Å²) in [5, 5.41) is 19.6. The summed E-state index contributed by atoms with van der Waals surface area (Å²) in [5.74, 6) is -0.322. The molecule has 0 aromatic heterocycles. The third-order valence-electron chi connectivity index (χ3n) is 3.23. The molecule has 1 unspecified atom stereocenters. The molecular formula is C12H13N3O4S. The molecular weight excluding hydrogens is 282 g/mol. The zero-order valence-electron chi connectivity index (χ0n) is 10.6. The summed E-state index contributed by atoms with van der Waals surface area (Å²) in [6.45, 7) is 0.477. The molecule has 1 saturated heterocycles. The fourth-order valence-corrected chi connectivity index (χ4v) is 3.74. The number of nitro benzene ring substituents is 1. The van der Waals surface area contributed by atoms with E-state index in [-0.39, 0.29) is 23.0 Å². The summed E-state index contributed by atoms with van der Waals surface area (Å²) < 4.78 is 26.1. The molecule has 1 heterocycles. The minimum Gasteiger partial charge on any atom is -0.258 e. The Morgan fingerprint density at radius 1 is 1.45 bits per heavy atom. The highest BCUT2D eigenvalue weighted by Crippen LogP contribution is 2.25. The molecule has 8 heteroatoms. The molecule has 1 aliphatic rings. The van der Waals surface area contributed by atoms with Crippen molar-refractivity contribution in [3.05, 3.63) is 34.4 Å². The smallest absolute Gasteiger partial charge is 0.258 e. The fraction of sp³-hybridized carbons (Fsp3) is 0.417. The Labute approximate surface area is 116 Å². The predicted molar refractivity (Wildman–Crippen MR) is 70.2 cm³/mol. The van der Waals surface area contributed by atoms with Gasteiger partial charge in [-0.15, -0.1) is 0 Å². The lowest BCUT2D eigenvalue weighted by Crippen LogP contribution is -2.39. The summed E-state index contributed by atoms with van der Waals surface area (Å²) in [6, 6.07) is 7.04. The molecule has 1 fully saturated rings. The lowest BCUT2D eigenvalue weighted by molar-refractivity contribution is -0.385. The standard InChI is InChI=1S/C12H13N3O4S/c13-8-10-3-2-6-14(9-10)20(18,19)12-5-1-4-11(7-12)15(16)17/h1,4-5,7,10H,2-3,6,9H2. The summed E-state index contributed by atoms with van der Waals surface area (Å²) >= 11 is 0.